The molecule has 1 aromatic carbocycles. The molecule has 0 saturated carbocycles. The second kappa shape index (κ2) is 10.4. The first-order chi connectivity index (χ1) is 10.1. The summed E-state index contributed by atoms with van der Waals surface area (Å²) in [5.74, 6) is -0.270. The molecule has 3 heteroatoms. The number of benzene rings is 1. The molecule has 2 unspecified atom stereocenters. The number of nitrogens with two attached hydrogens (primary N) is 1. The van der Waals surface area contributed by atoms with Gasteiger partial charge in [0.05, 0.1) is 6.10 Å². The number of ether oxygens (including phenoxy) is 1. The summed E-state index contributed by atoms with van der Waals surface area (Å²) in [6.45, 7) is 4.14. The lowest BCUT2D eigenvalue weighted by atomic mass is 10.1. The largest absolute Gasteiger partial charge is 0.462 e. The van der Waals surface area contributed by atoms with Crippen molar-refractivity contribution in [1.29, 1.82) is 0 Å². The third kappa shape index (κ3) is 7.86. The zero-order chi connectivity index (χ0) is 15.5. The van der Waals surface area contributed by atoms with E-state index in [-0.39, 0.29) is 12.1 Å². The molecule has 0 spiro atoms. The molecule has 0 amide bonds. The Labute approximate surface area is 128 Å². The van der Waals surface area contributed by atoms with Crippen molar-refractivity contribution in [2.45, 2.75) is 70.9 Å². The van der Waals surface area contributed by atoms with E-state index in [2.05, 4.69) is 19.1 Å². The zero-order valence-corrected chi connectivity index (χ0v) is 13.4. The van der Waals surface area contributed by atoms with Gasteiger partial charge >= 0.3 is 5.97 Å². The van der Waals surface area contributed by atoms with Gasteiger partial charge in [0.2, 0.25) is 0 Å². The highest BCUT2D eigenvalue weighted by Gasteiger charge is 2.17. The maximum absolute atomic E-state index is 11.9. The summed E-state index contributed by atoms with van der Waals surface area (Å²) in [6, 6.07) is 9.55. The Bertz CT molecular complexity index is 391. The Morgan fingerprint density at radius 3 is 2.52 bits per heavy atom. The van der Waals surface area contributed by atoms with Crippen LogP contribution in [0.3, 0.4) is 0 Å². The molecule has 0 radical (unpaired) electrons. The van der Waals surface area contributed by atoms with Gasteiger partial charge < -0.3 is 10.5 Å². The first-order valence-electron chi connectivity index (χ1n) is 8.13. The molecule has 21 heavy (non-hydrogen) atoms. The molecule has 1 aromatic rings. The van der Waals surface area contributed by atoms with Gasteiger partial charge in [-0.05, 0) is 38.2 Å². The van der Waals surface area contributed by atoms with Crippen LogP contribution in [0.15, 0.2) is 30.3 Å². The van der Waals surface area contributed by atoms with Crippen LogP contribution in [0.1, 0.15) is 57.9 Å². The fourth-order valence-electron chi connectivity index (χ4n) is 2.29. The first kappa shape index (κ1) is 17.7. The SMILES string of the molecule is CCCCCCC(C)OC(=O)C(N)CCc1ccccc1. The van der Waals surface area contributed by atoms with Crippen molar-refractivity contribution in [2.75, 3.05) is 0 Å². The Balaban J connectivity index is 2.21. The fraction of sp³-hybridized carbons (Fsp3) is 0.611. The van der Waals surface area contributed by atoms with Gasteiger partial charge in [0, 0.05) is 0 Å². The summed E-state index contributed by atoms with van der Waals surface area (Å²) in [6.07, 6.45) is 7.12. The summed E-state index contributed by atoms with van der Waals surface area (Å²) < 4.78 is 5.42. The fourth-order valence-corrected chi connectivity index (χ4v) is 2.29. The Hall–Kier alpha value is -1.35. The lowest BCUT2D eigenvalue weighted by molar-refractivity contribution is -0.150. The predicted molar refractivity (Wildman–Crippen MR) is 87.1 cm³/mol. The lowest BCUT2D eigenvalue weighted by Gasteiger charge is -2.16. The summed E-state index contributed by atoms with van der Waals surface area (Å²) in [7, 11) is 0. The molecule has 3 nitrogen and oxygen atoms in total. The van der Waals surface area contributed by atoms with Crippen LogP contribution in [-0.4, -0.2) is 18.1 Å². The average Bonchev–Trinajstić information content (AvgIpc) is 2.50. The molecule has 2 N–H and O–H groups in total. The Morgan fingerprint density at radius 2 is 1.86 bits per heavy atom. The molecule has 0 aliphatic rings. The molecular formula is C18H29NO2. The normalized spacial score (nSPS) is 13.7. The van der Waals surface area contributed by atoms with Gasteiger partial charge in [0.1, 0.15) is 6.04 Å². The van der Waals surface area contributed by atoms with Crippen LogP contribution in [0.4, 0.5) is 0 Å². The minimum absolute atomic E-state index is 0.0304. The number of hydrogen-bond acceptors (Lipinski definition) is 3. The molecule has 0 aliphatic carbocycles. The van der Waals surface area contributed by atoms with Gasteiger partial charge in [0.25, 0.3) is 0 Å². The number of unbranched alkanes of at least 4 members (excludes halogenated alkanes) is 3. The molecule has 0 fully saturated rings. The van der Waals surface area contributed by atoms with Crippen LogP contribution in [0.2, 0.25) is 0 Å². The first-order valence-corrected chi connectivity index (χ1v) is 8.13. The molecule has 0 heterocycles. The van der Waals surface area contributed by atoms with Crippen LogP contribution in [0, 0.1) is 0 Å². The molecule has 0 aromatic heterocycles. The van der Waals surface area contributed by atoms with E-state index < -0.39 is 6.04 Å². The summed E-state index contributed by atoms with van der Waals surface area (Å²) in [5, 5.41) is 0. The third-order valence-corrected chi connectivity index (χ3v) is 3.67. The average molecular weight is 291 g/mol. The molecule has 118 valence electrons. The van der Waals surface area contributed by atoms with Crippen LogP contribution < -0.4 is 5.73 Å². The highest BCUT2D eigenvalue weighted by atomic mass is 16.5. The van der Waals surface area contributed by atoms with E-state index in [1.807, 2.05) is 25.1 Å². The molecule has 0 bridgehead atoms. The van der Waals surface area contributed by atoms with Gasteiger partial charge in [-0.25, -0.2) is 0 Å². The summed E-state index contributed by atoms with van der Waals surface area (Å²) in [5.41, 5.74) is 7.12. The molecule has 0 aliphatic heterocycles. The van der Waals surface area contributed by atoms with Crippen molar-refractivity contribution < 1.29 is 9.53 Å². The van der Waals surface area contributed by atoms with Gasteiger partial charge in [-0.1, -0.05) is 56.5 Å². The number of hydrogen-bond donors (Lipinski definition) is 1. The van der Waals surface area contributed by atoms with Crippen LogP contribution >= 0.6 is 0 Å². The van der Waals surface area contributed by atoms with Crippen molar-refractivity contribution in [3.63, 3.8) is 0 Å². The molecule has 2 atom stereocenters. The monoisotopic (exact) mass is 291 g/mol. The Kier molecular flexibility index (Phi) is 8.76. The van der Waals surface area contributed by atoms with E-state index in [0.29, 0.717) is 6.42 Å². The van der Waals surface area contributed by atoms with E-state index in [1.54, 1.807) is 0 Å². The summed E-state index contributed by atoms with van der Waals surface area (Å²) in [4.78, 5) is 11.9. The predicted octanol–water partition coefficient (Wildman–Crippen LogP) is 3.85. The highest BCUT2D eigenvalue weighted by molar-refractivity contribution is 5.75. The van der Waals surface area contributed by atoms with E-state index in [0.717, 1.165) is 19.3 Å². The summed E-state index contributed by atoms with van der Waals surface area (Å²) >= 11 is 0. The van der Waals surface area contributed by atoms with E-state index in [4.69, 9.17) is 10.5 Å². The van der Waals surface area contributed by atoms with E-state index in [1.165, 1.54) is 24.8 Å². The topological polar surface area (TPSA) is 52.3 Å². The van der Waals surface area contributed by atoms with Crippen molar-refractivity contribution in [3.8, 4) is 0 Å². The van der Waals surface area contributed by atoms with Gasteiger partial charge in [-0.15, -0.1) is 0 Å². The highest BCUT2D eigenvalue weighted by Crippen LogP contribution is 2.10. The van der Waals surface area contributed by atoms with E-state index >= 15 is 0 Å². The molecular weight excluding hydrogens is 262 g/mol. The van der Waals surface area contributed by atoms with Crippen LogP contribution in [-0.2, 0) is 16.0 Å². The number of carbonyl (C=O) groups is 1. The van der Waals surface area contributed by atoms with E-state index in [9.17, 15) is 4.79 Å². The third-order valence-electron chi connectivity index (χ3n) is 3.67. The zero-order valence-electron chi connectivity index (χ0n) is 13.4. The number of aryl methyl sites for hydroxylation is 1. The minimum Gasteiger partial charge on any atom is -0.462 e. The number of rotatable bonds is 10. The number of esters is 1. The van der Waals surface area contributed by atoms with Crippen molar-refractivity contribution >= 4 is 5.97 Å². The van der Waals surface area contributed by atoms with Crippen LogP contribution in [0.5, 0.6) is 0 Å². The van der Waals surface area contributed by atoms with Crippen molar-refractivity contribution in [1.82, 2.24) is 0 Å². The smallest absolute Gasteiger partial charge is 0.323 e. The molecule has 0 saturated heterocycles. The quantitative estimate of drug-likeness (QED) is 0.526. The lowest BCUT2D eigenvalue weighted by Crippen LogP contribution is -2.34. The maximum Gasteiger partial charge on any atom is 0.323 e. The van der Waals surface area contributed by atoms with Gasteiger partial charge in [-0.2, -0.15) is 0 Å². The maximum atomic E-state index is 11.9. The van der Waals surface area contributed by atoms with Crippen molar-refractivity contribution in [3.05, 3.63) is 35.9 Å². The van der Waals surface area contributed by atoms with Gasteiger partial charge in [0.15, 0.2) is 0 Å². The second-order valence-corrected chi connectivity index (χ2v) is 5.73. The Morgan fingerprint density at radius 1 is 1.14 bits per heavy atom. The second-order valence-electron chi connectivity index (χ2n) is 5.73. The standard InChI is InChI=1S/C18H29NO2/c1-3-4-5-7-10-15(2)21-18(20)17(19)14-13-16-11-8-6-9-12-16/h6,8-9,11-12,15,17H,3-5,7,10,13-14,19H2,1-2H3. The molecule has 1 rings (SSSR count). The van der Waals surface area contributed by atoms with Crippen molar-refractivity contribution in [2.24, 2.45) is 5.73 Å². The van der Waals surface area contributed by atoms with Gasteiger partial charge in [-0.3, -0.25) is 4.79 Å². The number of carbonyl (C=O) groups excluding carboxylic acids is 1. The minimum atomic E-state index is -0.525. The van der Waals surface area contributed by atoms with Crippen LogP contribution in [0.25, 0.3) is 0 Å².